The molecule has 1 heterocycles. The van der Waals surface area contributed by atoms with Gasteiger partial charge >= 0.3 is 5.82 Å². The van der Waals surface area contributed by atoms with Crippen LogP contribution >= 0.6 is 0 Å². The fourth-order valence-corrected chi connectivity index (χ4v) is 1.56. The summed E-state index contributed by atoms with van der Waals surface area (Å²) in [5.74, 6) is 0.179. The highest BCUT2D eigenvalue weighted by Crippen LogP contribution is 2.27. The summed E-state index contributed by atoms with van der Waals surface area (Å²) in [7, 11) is 1.69. The van der Waals surface area contributed by atoms with Crippen molar-refractivity contribution in [1.29, 1.82) is 0 Å². The molecule has 0 aromatic carbocycles. The van der Waals surface area contributed by atoms with Crippen molar-refractivity contribution in [2.75, 3.05) is 11.9 Å². The minimum atomic E-state index is -0.517. The monoisotopic (exact) mass is 242 g/mol. The van der Waals surface area contributed by atoms with E-state index in [9.17, 15) is 10.1 Å². The quantitative estimate of drug-likeness (QED) is 0.579. The highest BCUT2D eigenvalue weighted by Gasteiger charge is 2.28. The minimum Gasteiger partial charge on any atom is -0.396 e. The van der Waals surface area contributed by atoms with Crippen LogP contribution in [0.15, 0.2) is 6.33 Å². The number of anilines is 1. The average Bonchev–Trinajstić information content (AvgIpc) is 2.61. The van der Waals surface area contributed by atoms with Crippen molar-refractivity contribution in [3.63, 3.8) is 0 Å². The number of nitrogens with zero attached hydrogens (tertiary/aromatic N) is 3. The van der Waals surface area contributed by atoms with Gasteiger partial charge < -0.3 is 20.5 Å². The van der Waals surface area contributed by atoms with E-state index in [-0.39, 0.29) is 18.0 Å². The van der Waals surface area contributed by atoms with Gasteiger partial charge in [0.1, 0.15) is 0 Å². The van der Waals surface area contributed by atoms with Gasteiger partial charge in [-0.2, -0.15) is 0 Å². The molecule has 0 aliphatic heterocycles. The summed E-state index contributed by atoms with van der Waals surface area (Å²) in [5, 5.41) is 22.9. The van der Waals surface area contributed by atoms with Gasteiger partial charge in [0.25, 0.3) is 0 Å². The summed E-state index contributed by atoms with van der Waals surface area (Å²) in [5.41, 5.74) is -0.382. The lowest BCUT2D eigenvalue weighted by atomic mass is 9.95. The predicted octanol–water partition coefficient (Wildman–Crippen LogP) is 1.29. The van der Waals surface area contributed by atoms with Gasteiger partial charge in [-0.05, 0) is 29.7 Å². The number of hydrogen-bond acceptors (Lipinski definition) is 5. The Labute approximate surface area is 99.6 Å². The van der Waals surface area contributed by atoms with E-state index in [0.29, 0.717) is 12.2 Å². The van der Waals surface area contributed by atoms with Crippen LogP contribution in [0, 0.1) is 10.1 Å². The largest absolute Gasteiger partial charge is 0.406 e. The van der Waals surface area contributed by atoms with Crippen molar-refractivity contribution in [3.8, 4) is 0 Å². The summed E-state index contributed by atoms with van der Waals surface area (Å²) < 4.78 is 1.57. The maximum Gasteiger partial charge on any atom is 0.406 e. The first-order chi connectivity index (χ1) is 7.93. The van der Waals surface area contributed by atoms with Gasteiger partial charge in [-0.25, -0.2) is 0 Å². The maximum absolute atomic E-state index is 10.8. The zero-order valence-corrected chi connectivity index (χ0v) is 10.3. The van der Waals surface area contributed by atoms with E-state index in [4.69, 9.17) is 5.11 Å². The molecular weight excluding hydrogens is 224 g/mol. The summed E-state index contributed by atoms with van der Waals surface area (Å²) in [4.78, 5) is 14.0. The average molecular weight is 242 g/mol. The van der Waals surface area contributed by atoms with Crippen LogP contribution in [0.2, 0.25) is 0 Å². The lowest BCUT2D eigenvalue weighted by Gasteiger charge is -2.29. The van der Waals surface area contributed by atoms with E-state index < -0.39 is 4.92 Å². The second-order valence-electron chi connectivity index (χ2n) is 4.30. The number of imidazole rings is 1. The van der Waals surface area contributed by atoms with Crippen LogP contribution < -0.4 is 5.32 Å². The van der Waals surface area contributed by atoms with Crippen LogP contribution in [0.3, 0.4) is 0 Å². The minimum absolute atomic E-state index is 0.0307. The third kappa shape index (κ3) is 2.94. The summed E-state index contributed by atoms with van der Waals surface area (Å²) in [6.07, 6.45) is 2.66. The van der Waals surface area contributed by atoms with Gasteiger partial charge in [0.15, 0.2) is 0 Å². The molecule has 0 radical (unpaired) electrons. The zero-order valence-electron chi connectivity index (χ0n) is 10.3. The van der Waals surface area contributed by atoms with Gasteiger partial charge in [0.05, 0.1) is 0 Å². The van der Waals surface area contributed by atoms with E-state index in [1.807, 2.05) is 13.8 Å². The molecule has 1 aromatic heterocycles. The van der Waals surface area contributed by atoms with E-state index in [1.54, 1.807) is 11.6 Å². The molecule has 0 amide bonds. The SMILES string of the molecule is CCC(C)(CCO)Nc1c([N+](=O)[O-])ncn1C. The number of aromatic nitrogens is 2. The van der Waals surface area contributed by atoms with E-state index in [0.717, 1.165) is 6.42 Å². The molecule has 1 rings (SSSR count). The Morgan fingerprint density at radius 3 is 2.82 bits per heavy atom. The fraction of sp³-hybridized carbons (Fsp3) is 0.700. The molecule has 1 unspecified atom stereocenters. The Morgan fingerprint density at radius 1 is 1.71 bits per heavy atom. The second kappa shape index (κ2) is 5.13. The Hall–Kier alpha value is -1.63. The van der Waals surface area contributed by atoms with Gasteiger partial charge in [-0.3, -0.25) is 4.57 Å². The lowest BCUT2D eigenvalue weighted by Crippen LogP contribution is -2.36. The number of aliphatic hydroxyl groups excluding tert-OH is 1. The van der Waals surface area contributed by atoms with Crippen LogP contribution in [0.1, 0.15) is 26.7 Å². The second-order valence-corrected chi connectivity index (χ2v) is 4.30. The highest BCUT2D eigenvalue weighted by molar-refractivity contribution is 5.53. The first kappa shape index (κ1) is 13.4. The van der Waals surface area contributed by atoms with Crippen molar-refractivity contribution in [3.05, 3.63) is 16.4 Å². The number of rotatable bonds is 6. The van der Waals surface area contributed by atoms with Crippen molar-refractivity contribution in [1.82, 2.24) is 9.55 Å². The molecule has 1 atom stereocenters. The standard InChI is InChI=1S/C10H18N4O3/c1-4-10(2,5-6-15)12-9-8(14(16)17)11-7-13(9)3/h7,12,15H,4-6H2,1-3H3. The maximum atomic E-state index is 10.8. The molecule has 0 aliphatic rings. The van der Waals surface area contributed by atoms with Crippen molar-refractivity contribution in [2.45, 2.75) is 32.2 Å². The van der Waals surface area contributed by atoms with Crippen LogP contribution in [-0.4, -0.2) is 31.7 Å². The molecule has 0 fully saturated rings. The molecule has 0 saturated heterocycles. The topological polar surface area (TPSA) is 93.2 Å². The number of hydrogen-bond donors (Lipinski definition) is 2. The summed E-state index contributed by atoms with van der Waals surface area (Å²) in [6.45, 7) is 3.91. The Bertz CT molecular complexity index is 404. The summed E-state index contributed by atoms with van der Waals surface area (Å²) in [6, 6.07) is 0. The van der Waals surface area contributed by atoms with Crippen molar-refractivity contribution >= 4 is 11.6 Å². The molecule has 0 aliphatic carbocycles. The Balaban J connectivity index is 3.00. The zero-order chi connectivity index (χ0) is 13.1. The van der Waals surface area contributed by atoms with E-state index in [1.165, 1.54) is 6.33 Å². The smallest absolute Gasteiger partial charge is 0.396 e. The van der Waals surface area contributed by atoms with E-state index in [2.05, 4.69) is 10.3 Å². The molecule has 2 N–H and O–H groups in total. The molecule has 0 bridgehead atoms. The van der Waals surface area contributed by atoms with Crippen LogP contribution in [0.4, 0.5) is 11.6 Å². The van der Waals surface area contributed by atoms with E-state index >= 15 is 0 Å². The molecule has 7 heteroatoms. The molecular formula is C10H18N4O3. The molecule has 96 valence electrons. The third-order valence-corrected chi connectivity index (χ3v) is 2.95. The summed E-state index contributed by atoms with van der Waals surface area (Å²) >= 11 is 0. The Kier molecular flexibility index (Phi) is 4.06. The number of aryl methyl sites for hydroxylation is 1. The van der Waals surface area contributed by atoms with Crippen molar-refractivity contribution < 1.29 is 10.0 Å². The third-order valence-electron chi connectivity index (χ3n) is 2.95. The lowest BCUT2D eigenvalue weighted by molar-refractivity contribution is -0.388. The van der Waals surface area contributed by atoms with Gasteiger partial charge in [-0.1, -0.05) is 6.92 Å². The molecule has 7 nitrogen and oxygen atoms in total. The van der Waals surface area contributed by atoms with Gasteiger partial charge in [0, 0.05) is 19.2 Å². The number of nitrogens with one attached hydrogen (secondary N) is 1. The predicted molar refractivity (Wildman–Crippen MR) is 63.9 cm³/mol. The van der Waals surface area contributed by atoms with Crippen LogP contribution in [0.5, 0.6) is 0 Å². The first-order valence-electron chi connectivity index (χ1n) is 5.48. The number of nitro groups is 1. The Morgan fingerprint density at radius 2 is 2.35 bits per heavy atom. The highest BCUT2D eigenvalue weighted by atomic mass is 16.6. The molecule has 17 heavy (non-hydrogen) atoms. The number of aliphatic hydroxyl groups is 1. The molecule has 0 saturated carbocycles. The fourth-order valence-electron chi connectivity index (χ4n) is 1.56. The normalized spacial score (nSPS) is 14.4. The molecule has 1 aromatic rings. The van der Waals surface area contributed by atoms with Crippen molar-refractivity contribution in [2.24, 2.45) is 7.05 Å². The van der Waals surface area contributed by atoms with Crippen LogP contribution in [-0.2, 0) is 7.05 Å². The van der Waals surface area contributed by atoms with Crippen LogP contribution in [0.25, 0.3) is 0 Å². The first-order valence-corrected chi connectivity index (χ1v) is 5.48. The van der Waals surface area contributed by atoms with Gasteiger partial charge in [0.2, 0.25) is 12.1 Å². The molecule has 0 spiro atoms. The van der Waals surface area contributed by atoms with Gasteiger partial charge in [-0.15, -0.1) is 0 Å².